The van der Waals surface area contributed by atoms with Crippen LogP contribution in [0.15, 0.2) is 42.5 Å². The first-order chi connectivity index (χ1) is 13.6. The van der Waals surface area contributed by atoms with Crippen LogP contribution in [0.5, 0.6) is 11.5 Å². The number of carbonyl (C=O) groups excluding carboxylic acids is 1. The number of benzene rings is 2. The zero-order valence-corrected chi connectivity index (χ0v) is 16.2. The molecule has 9 heteroatoms. The van der Waals surface area contributed by atoms with Crippen molar-refractivity contribution in [2.75, 3.05) is 19.0 Å². The zero-order chi connectivity index (χ0) is 19.9. The highest BCUT2D eigenvalue weighted by Crippen LogP contribution is 2.28. The summed E-state index contributed by atoms with van der Waals surface area (Å²) in [6.07, 6.45) is 0. The molecule has 0 unspecified atom stereocenters. The monoisotopic (exact) mass is 401 g/mol. The summed E-state index contributed by atoms with van der Waals surface area (Å²) in [5, 5.41) is 16.8. The van der Waals surface area contributed by atoms with E-state index in [1.165, 1.54) is 0 Å². The molecule has 0 aliphatic carbocycles. The molecule has 146 valence electrons. The molecule has 0 bridgehead atoms. The predicted molar refractivity (Wildman–Crippen MR) is 106 cm³/mol. The fourth-order valence-electron chi connectivity index (χ4n) is 2.54. The number of aromatic nitrogens is 3. The molecule has 3 N–H and O–H groups in total. The Morgan fingerprint density at radius 1 is 1.18 bits per heavy atom. The molecular weight excluding hydrogens is 382 g/mol. The van der Waals surface area contributed by atoms with Crippen molar-refractivity contribution in [2.45, 2.75) is 13.5 Å². The van der Waals surface area contributed by atoms with Gasteiger partial charge in [0.1, 0.15) is 0 Å². The van der Waals surface area contributed by atoms with Gasteiger partial charge in [-0.25, -0.2) is 0 Å². The van der Waals surface area contributed by atoms with Crippen molar-refractivity contribution in [1.29, 1.82) is 0 Å². The van der Waals surface area contributed by atoms with Gasteiger partial charge in [-0.3, -0.25) is 4.79 Å². The van der Waals surface area contributed by atoms with Crippen molar-refractivity contribution in [3.8, 4) is 11.5 Å². The normalized spacial score (nSPS) is 10.4. The molecule has 0 aliphatic heterocycles. The Hall–Kier alpha value is -3.26. The molecule has 0 spiro atoms. The standard InChI is InChI=1S/C19H20ClN5O3/c1-3-28-16-9-12(7-8-15(16)27-2)11-21-19(26)17-18(24-25-23-17)22-14-6-4-5-13(20)10-14/h4-10H,3,11H2,1-2H3,(H,21,26)(H2,22,23,24,25). The van der Waals surface area contributed by atoms with Crippen LogP contribution in [0.1, 0.15) is 23.0 Å². The largest absolute Gasteiger partial charge is 0.493 e. The smallest absolute Gasteiger partial charge is 0.275 e. The van der Waals surface area contributed by atoms with Gasteiger partial charge in [0, 0.05) is 17.3 Å². The summed E-state index contributed by atoms with van der Waals surface area (Å²) >= 11 is 5.98. The fourth-order valence-corrected chi connectivity index (χ4v) is 2.74. The Morgan fingerprint density at radius 2 is 2.04 bits per heavy atom. The summed E-state index contributed by atoms with van der Waals surface area (Å²) in [6, 6.07) is 12.6. The number of carbonyl (C=O) groups is 1. The van der Waals surface area contributed by atoms with Crippen LogP contribution in [-0.4, -0.2) is 35.0 Å². The van der Waals surface area contributed by atoms with E-state index >= 15 is 0 Å². The lowest BCUT2D eigenvalue weighted by Gasteiger charge is -2.11. The van der Waals surface area contributed by atoms with E-state index in [9.17, 15) is 4.79 Å². The number of rotatable bonds is 8. The fraction of sp³-hybridized carbons (Fsp3) is 0.211. The van der Waals surface area contributed by atoms with Crippen molar-refractivity contribution >= 4 is 29.0 Å². The number of ether oxygens (including phenoxy) is 2. The van der Waals surface area contributed by atoms with E-state index in [0.29, 0.717) is 41.2 Å². The molecule has 1 heterocycles. The Kier molecular flexibility index (Phi) is 6.33. The van der Waals surface area contributed by atoms with Crippen LogP contribution in [0, 0.1) is 0 Å². The third kappa shape index (κ3) is 4.72. The minimum absolute atomic E-state index is 0.151. The lowest BCUT2D eigenvalue weighted by molar-refractivity contribution is 0.0946. The third-order valence-electron chi connectivity index (χ3n) is 3.83. The molecule has 1 amide bonds. The minimum Gasteiger partial charge on any atom is -0.493 e. The van der Waals surface area contributed by atoms with Crippen molar-refractivity contribution in [1.82, 2.24) is 20.7 Å². The van der Waals surface area contributed by atoms with Gasteiger partial charge in [-0.1, -0.05) is 23.7 Å². The SMILES string of the molecule is CCOc1cc(CNC(=O)c2n[nH]nc2Nc2cccc(Cl)c2)ccc1OC. The first-order valence-corrected chi connectivity index (χ1v) is 8.99. The molecule has 0 saturated heterocycles. The van der Waals surface area contributed by atoms with E-state index < -0.39 is 0 Å². The Morgan fingerprint density at radius 3 is 2.79 bits per heavy atom. The van der Waals surface area contributed by atoms with Gasteiger partial charge in [-0.15, -0.1) is 10.2 Å². The van der Waals surface area contributed by atoms with E-state index in [4.69, 9.17) is 21.1 Å². The van der Waals surface area contributed by atoms with E-state index in [0.717, 1.165) is 5.56 Å². The third-order valence-corrected chi connectivity index (χ3v) is 4.07. The number of anilines is 2. The number of hydrogen-bond donors (Lipinski definition) is 3. The number of nitrogens with one attached hydrogen (secondary N) is 3. The van der Waals surface area contributed by atoms with E-state index in [2.05, 4.69) is 26.0 Å². The van der Waals surface area contributed by atoms with Crippen LogP contribution in [0.25, 0.3) is 0 Å². The van der Waals surface area contributed by atoms with Crippen LogP contribution < -0.4 is 20.1 Å². The molecule has 8 nitrogen and oxygen atoms in total. The molecule has 3 rings (SSSR count). The summed E-state index contributed by atoms with van der Waals surface area (Å²) in [5.41, 5.74) is 1.72. The van der Waals surface area contributed by atoms with E-state index in [1.54, 1.807) is 31.4 Å². The minimum atomic E-state index is -0.368. The average molecular weight is 402 g/mol. The molecule has 0 radical (unpaired) electrons. The summed E-state index contributed by atoms with van der Waals surface area (Å²) in [5.74, 6) is 1.21. The maximum absolute atomic E-state index is 12.5. The van der Waals surface area contributed by atoms with Crippen LogP contribution in [0.3, 0.4) is 0 Å². The van der Waals surface area contributed by atoms with Crippen molar-refractivity contribution in [3.63, 3.8) is 0 Å². The molecular formula is C19H20ClN5O3. The summed E-state index contributed by atoms with van der Waals surface area (Å²) in [7, 11) is 1.58. The predicted octanol–water partition coefficient (Wildman–Crippen LogP) is 3.54. The zero-order valence-electron chi connectivity index (χ0n) is 15.5. The number of aromatic amines is 1. The highest BCUT2D eigenvalue weighted by molar-refractivity contribution is 6.30. The second-order valence-corrected chi connectivity index (χ2v) is 6.19. The van der Waals surface area contributed by atoms with Gasteiger partial charge in [-0.05, 0) is 42.8 Å². The van der Waals surface area contributed by atoms with Gasteiger partial charge in [0.15, 0.2) is 23.0 Å². The van der Waals surface area contributed by atoms with Crippen LogP contribution >= 0.6 is 11.6 Å². The molecule has 1 aromatic heterocycles. The van der Waals surface area contributed by atoms with Gasteiger partial charge in [0.2, 0.25) is 0 Å². The maximum Gasteiger partial charge on any atom is 0.275 e. The summed E-state index contributed by atoms with van der Waals surface area (Å²) in [6.45, 7) is 2.71. The van der Waals surface area contributed by atoms with Crippen LogP contribution in [0.2, 0.25) is 5.02 Å². The first kappa shape index (κ1) is 19.5. The number of hydrogen-bond acceptors (Lipinski definition) is 6. The molecule has 0 atom stereocenters. The molecule has 2 aromatic carbocycles. The average Bonchev–Trinajstić information content (AvgIpc) is 3.15. The Labute approximate surface area is 167 Å². The molecule has 0 aliphatic rings. The quantitative estimate of drug-likeness (QED) is 0.533. The van der Waals surface area contributed by atoms with E-state index in [-0.39, 0.29) is 11.6 Å². The lowest BCUT2D eigenvalue weighted by Crippen LogP contribution is -2.24. The molecule has 3 aromatic rings. The number of halogens is 1. The van der Waals surface area contributed by atoms with Gasteiger partial charge >= 0.3 is 0 Å². The molecule has 0 saturated carbocycles. The summed E-state index contributed by atoms with van der Waals surface area (Å²) < 4.78 is 10.8. The van der Waals surface area contributed by atoms with Crippen molar-refractivity contribution in [3.05, 3.63) is 58.7 Å². The van der Waals surface area contributed by atoms with Crippen LogP contribution in [0.4, 0.5) is 11.5 Å². The van der Waals surface area contributed by atoms with Gasteiger partial charge in [0.05, 0.1) is 13.7 Å². The topological polar surface area (TPSA) is 101 Å². The highest BCUT2D eigenvalue weighted by atomic mass is 35.5. The number of methoxy groups -OCH3 is 1. The van der Waals surface area contributed by atoms with Crippen molar-refractivity contribution < 1.29 is 14.3 Å². The molecule has 28 heavy (non-hydrogen) atoms. The molecule has 0 fully saturated rings. The second-order valence-electron chi connectivity index (χ2n) is 5.76. The second kappa shape index (κ2) is 9.09. The number of H-pyrrole nitrogens is 1. The van der Waals surface area contributed by atoms with Gasteiger partial charge in [-0.2, -0.15) is 5.21 Å². The maximum atomic E-state index is 12.5. The highest BCUT2D eigenvalue weighted by Gasteiger charge is 2.17. The number of amides is 1. The lowest BCUT2D eigenvalue weighted by atomic mass is 10.2. The van der Waals surface area contributed by atoms with Gasteiger partial charge < -0.3 is 20.1 Å². The van der Waals surface area contributed by atoms with Gasteiger partial charge in [0.25, 0.3) is 5.91 Å². The van der Waals surface area contributed by atoms with Crippen molar-refractivity contribution in [2.24, 2.45) is 0 Å². The summed E-state index contributed by atoms with van der Waals surface area (Å²) in [4.78, 5) is 12.5. The Bertz CT molecular complexity index is 960. The van der Waals surface area contributed by atoms with Crippen LogP contribution in [-0.2, 0) is 6.54 Å². The number of nitrogens with zero attached hydrogens (tertiary/aromatic N) is 2. The van der Waals surface area contributed by atoms with E-state index in [1.807, 2.05) is 25.1 Å². The Balaban J connectivity index is 1.68. The first-order valence-electron chi connectivity index (χ1n) is 8.62.